The van der Waals surface area contributed by atoms with Crippen LogP contribution in [-0.4, -0.2) is 37.9 Å². The second-order valence-electron chi connectivity index (χ2n) is 7.11. The topological polar surface area (TPSA) is 72.5 Å². The quantitative estimate of drug-likeness (QED) is 0.599. The molecule has 4 rings (SSSR count). The molecule has 0 aliphatic heterocycles. The molecule has 3 aromatic heterocycles. The van der Waals surface area contributed by atoms with E-state index in [1.807, 2.05) is 73.0 Å². The third-order valence-corrected chi connectivity index (χ3v) is 4.26. The van der Waals surface area contributed by atoms with Crippen LogP contribution < -0.4 is 4.74 Å². The molecule has 1 N–H and O–H groups in total. The van der Waals surface area contributed by atoms with Gasteiger partial charge in [-0.1, -0.05) is 26.0 Å². The molecule has 0 spiro atoms. The minimum Gasteiger partial charge on any atom is -0.493 e. The number of fused-ring (bicyclic) bond motifs is 2. The van der Waals surface area contributed by atoms with Gasteiger partial charge in [0.1, 0.15) is 11.4 Å². The number of benzene rings is 1. The van der Waals surface area contributed by atoms with Crippen LogP contribution in [0.15, 0.2) is 54.7 Å². The maximum absolute atomic E-state index is 9.34. The molecule has 0 unspecified atom stereocenters. The van der Waals surface area contributed by atoms with Crippen molar-refractivity contribution in [3.63, 3.8) is 0 Å². The first-order chi connectivity index (χ1) is 12.6. The van der Waals surface area contributed by atoms with Gasteiger partial charge >= 0.3 is 0 Å². The highest BCUT2D eigenvalue weighted by molar-refractivity contribution is 5.82. The van der Waals surface area contributed by atoms with Crippen LogP contribution in [-0.2, 0) is 0 Å². The highest BCUT2D eigenvalue weighted by atomic mass is 16.5. The summed E-state index contributed by atoms with van der Waals surface area (Å²) in [7, 11) is 0. The van der Waals surface area contributed by atoms with Crippen molar-refractivity contribution in [3.05, 3.63) is 54.7 Å². The lowest BCUT2D eigenvalue weighted by Gasteiger charge is -2.21. The molecule has 0 saturated carbocycles. The Hall–Kier alpha value is -2.99. The number of aliphatic hydroxyl groups excluding tert-OH is 1. The van der Waals surface area contributed by atoms with Gasteiger partial charge in [-0.2, -0.15) is 0 Å². The Labute approximate surface area is 151 Å². The zero-order valence-electron chi connectivity index (χ0n) is 14.8. The highest BCUT2D eigenvalue weighted by Crippen LogP contribution is 2.25. The average Bonchev–Trinajstić information content (AvgIpc) is 3.10. The first-order valence-corrected chi connectivity index (χ1v) is 8.50. The van der Waals surface area contributed by atoms with Crippen molar-refractivity contribution >= 4 is 16.6 Å². The summed E-state index contributed by atoms with van der Waals surface area (Å²) in [6.07, 6.45) is 1.93. The Morgan fingerprint density at radius 1 is 1.08 bits per heavy atom. The normalized spacial score (nSPS) is 12.0. The van der Waals surface area contributed by atoms with Crippen LogP contribution in [0.2, 0.25) is 0 Å². The minimum atomic E-state index is -0.272. The fourth-order valence-electron chi connectivity index (χ4n) is 2.66. The van der Waals surface area contributed by atoms with Gasteiger partial charge in [0.05, 0.1) is 18.7 Å². The Morgan fingerprint density at radius 3 is 2.81 bits per heavy atom. The van der Waals surface area contributed by atoms with E-state index in [1.165, 1.54) is 0 Å². The summed E-state index contributed by atoms with van der Waals surface area (Å²) in [5.41, 5.74) is 2.15. The summed E-state index contributed by atoms with van der Waals surface area (Å²) in [6.45, 7) is 4.46. The van der Waals surface area contributed by atoms with Crippen molar-refractivity contribution in [2.24, 2.45) is 5.41 Å². The number of rotatable bonds is 5. The zero-order valence-corrected chi connectivity index (χ0v) is 14.8. The summed E-state index contributed by atoms with van der Waals surface area (Å²) in [6, 6.07) is 15.5. The van der Waals surface area contributed by atoms with Gasteiger partial charge in [0.25, 0.3) is 0 Å². The molecule has 3 heterocycles. The third-order valence-electron chi connectivity index (χ3n) is 4.26. The lowest BCUT2D eigenvalue weighted by Crippen LogP contribution is -2.25. The Balaban J connectivity index is 1.65. The fraction of sp³-hybridized carbons (Fsp3) is 0.250. The molecule has 0 saturated heterocycles. The predicted octanol–water partition coefficient (Wildman–Crippen LogP) is 3.34. The van der Waals surface area contributed by atoms with E-state index in [4.69, 9.17) is 9.72 Å². The molecule has 6 heteroatoms. The van der Waals surface area contributed by atoms with Gasteiger partial charge in [0, 0.05) is 17.0 Å². The average molecular weight is 348 g/mol. The maximum Gasteiger partial charge on any atom is 0.187 e. The van der Waals surface area contributed by atoms with Gasteiger partial charge < -0.3 is 9.84 Å². The van der Waals surface area contributed by atoms with Crippen molar-refractivity contribution in [2.75, 3.05) is 13.2 Å². The number of ether oxygens (including phenoxy) is 1. The van der Waals surface area contributed by atoms with Crippen molar-refractivity contribution in [1.82, 2.24) is 19.6 Å². The van der Waals surface area contributed by atoms with Crippen LogP contribution in [0, 0.1) is 5.41 Å². The van der Waals surface area contributed by atoms with E-state index in [1.54, 1.807) is 0 Å². The molecule has 0 radical (unpaired) electrons. The van der Waals surface area contributed by atoms with Gasteiger partial charge in [-0.15, -0.1) is 10.2 Å². The molecular weight excluding hydrogens is 328 g/mol. The number of hydrogen-bond acceptors (Lipinski definition) is 5. The smallest absolute Gasteiger partial charge is 0.187 e. The first kappa shape index (κ1) is 16.5. The molecule has 0 atom stereocenters. The monoisotopic (exact) mass is 348 g/mol. The van der Waals surface area contributed by atoms with Crippen molar-refractivity contribution in [3.8, 4) is 17.3 Å². The summed E-state index contributed by atoms with van der Waals surface area (Å²) in [4.78, 5) is 4.72. The number of nitrogens with zero attached hydrogens (tertiary/aromatic N) is 4. The van der Waals surface area contributed by atoms with E-state index in [0.717, 1.165) is 28.0 Å². The van der Waals surface area contributed by atoms with Crippen molar-refractivity contribution in [1.29, 1.82) is 0 Å². The van der Waals surface area contributed by atoms with Gasteiger partial charge in [-0.3, -0.25) is 4.40 Å². The van der Waals surface area contributed by atoms with Crippen molar-refractivity contribution < 1.29 is 9.84 Å². The summed E-state index contributed by atoms with van der Waals surface area (Å²) in [5.74, 6) is 1.48. The van der Waals surface area contributed by atoms with Gasteiger partial charge in [-0.25, -0.2) is 4.98 Å². The maximum atomic E-state index is 9.34. The summed E-state index contributed by atoms with van der Waals surface area (Å²) >= 11 is 0. The molecule has 26 heavy (non-hydrogen) atoms. The molecule has 0 bridgehead atoms. The first-order valence-electron chi connectivity index (χ1n) is 8.50. The summed E-state index contributed by atoms with van der Waals surface area (Å²) < 4.78 is 7.73. The van der Waals surface area contributed by atoms with Crippen LogP contribution in [0.1, 0.15) is 13.8 Å². The van der Waals surface area contributed by atoms with Gasteiger partial charge in [-0.05, 0) is 36.4 Å². The van der Waals surface area contributed by atoms with Crippen molar-refractivity contribution in [2.45, 2.75) is 13.8 Å². The zero-order chi connectivity index (χ0) is 18.1. The number of hydrogen-bond donors (Lipinski definition) is 1. The second kappa shape index (κ2) is 6.38. The Morgan fingerprint density at radius 2 is 1.96 bits per heavy atom. The van der Waals surface area contributed by atoms with E-state index in [2.05, 4.69) is 10.2 Å². The molecular formula is C20H20N4O2. The largest absolute Gasteiger partial charge is 0.493 e. The lowest BCUT2D eigenvalue weighted by atomic mass is 9.96. The Kier molecular flexibility index (Phi) is 4.05. The molecule has 132 valence electrons. The number of aliphatic hydroxyl groups is 1. The second-order valence-corrected chi connectivity index (χ2v) is 7.11. The van der Waals surface area contributed by atoms with E-state index in [-0.39, 0.29) is 12.0 Å². The summed E-state index contributed by atoms with van der Waals surface area (Å²) in [5, 5.41) is 18.8. The van der Waals surface area contributed by atoms with E-state index in [9.17, 15) is 5.11 Å². The minimum absolute atomic E-state index is 0.0812. The number of pyridine rings is 2. The highest BCUT2D eigenvalue weighted by Gasteiger charge is 2.17. The SMILES string of the molecule is CC(C)(CO)COc1ccc2nc(-c3nnc4ccccn34)ccc2c1. The van der Waals surface area contributed by atoms with Gasteiger partial charge in [0.2, 0.25) is 0 Å². The van der Waals surface area contributed by atoms with Crippen LogP contribution in [0.4, 0.5) is 0 Å². The van der Waals surface area contributed by atoms with Gasteiger partial charge in [0.15, 0.2) is 11.5 Å². The fourth-order valence-corrected chi connectivity index (χ4v) is 2.66. The lowest BCUT2D eigenvalue weighted by molar-refractivity contribution is 0.0976. The van der Waals surface area contributed by atoms with Crippen LogP contribution in [0.3, 0.4) is 0 Å². The van der Waals surface area contributed by atoms with Crippen LogP contribution in [0.5, 0.6) is 5.75 Å². The van der Waals surface area contributed by atoms with Crippen LogP contribution >= 0.6 is 0 Å². The molecule has 0 fully saturated rings. The van der Waals surface area contributed by atoms with E-state index >= 15 is 0 Å². The predicted molar refractivity (Wildman–Crippen MR) is 100 cm³/mol. The van der Waals surface area contributed by atoms with E-state index in [0.29, 0.717) is 12.4 Å². The number of aromatic nitrogens is 4. The molecule has 1 aromatic carbocycles. The molecule has 6 nitrogen and oxygen atoms in total. The third kappa shape index (κ3) is 3.11. The molecule has 0 amide bonds. The van der Waals surface area contributed by atoms with Crippen LogP contribution in [0.25, 0.3) is 28.1 Å². The van der Waals surface area contributed by atoms with E-state index < -0.39 is 0 Å². The molecule has 0 aliphatic rings. The molecule has 0 aliphatic carbocycles. The standard InChI is InChI=1S/C20H20N4O2/c1-20(2,12-25)13-26-15-7-9-16-14(11-15)6-8-17(21-16)19-23-22-18-5-3-4-10-24(18)19/h3-11,25H,12-13H2,1-2H3. The Bertz CT molecular complexity index is 1070. The molecule has 4 aromatic rings.